The summed E-state index contributed by atoms with van der Waals surface area (Å²) >= 11 is 0. The average Bonchev–Trinajstić information content (AvgIpc) is 2.20. The number of methoxy groups -OCH3 is 1. The van der Waals surface area contributed by atoms with Crippen LogP contribution in [0, 0.1) is 0 Å². The summed E-state index contributed by atoms with van der Waals surface area (Å²) in [5.74, 6) is 6.47. The van der Waals surface area contributed by atoms with E-state index in [1.54, 1.807) is 13.3 Å². The van der Waals surface area contributed by atoms with E-state index in [1.165, 1.54) is 0 Å². The predicted octanol–water partition coefficient (Wildman–Crippen LogP) is 1.77. The van der Waals surface area contributed by atoms with Crippen molar-refractivity contribution >= 4 is 6.21 Å². The van der Waals surface area contributed by atoms with E-state index in [9.17, 15) is 0 Å². The second-order valence-corrected chi connectivity index (χ2v) is 3.36. The summed E-state index contributed by atoms with van der Waals surface area (Å²) in [6.07, 6.45) is 1.68. The summed E-state index contributed by atoms with van der Waals surface area (Å²) in [6, 6.07) is 5.54. The molecule has 0 saturated heterocycles. The maximum atomic E-state index is 5.57. The molecule has 0 saturated carbocycles. The molecule has 0 aliphatic rings. The zero-order valence-corrected chi connectivity index (χ0v) is 9.23. The first-order valence-electron chi connectivity index (χ1n) is 4.75. The summed E-state index contributed by atoms with van der Waals surface area (Å²) in [4.78, 5) is 0. The first kappa shape index (κ1) is 11.4. The molecule has 0 unspecified atom stereocenters. The Balaban J connectivity index is 2.98. The topological polar surface area (TPSA) is 56.8 Å². The number of hydrogen-bond donors (Lipinski definition) is 1. The van der Waals surface area contributed by atoms with Crippen molar-refractivity contribution in [2.24, 2.45) is 10.9 Å². The van der Waals surface area contributed by atoms with Gasteiger partial charge in [0, 0.05) is 0 Å². The van der Waals surface area contributed by atoms with Gasteiger partial charge in [0.2, 0.25) is 0 Å². The van der Waals surface area contributed by atoms with E-state index in [0.29, 0.717) is 5.75 Å². The quantitative estimate of drug-likeness (QED) is 0.466. The lowest BCUT2D eigenvalue weighted by Crippen LogP contribution is -2.06. The van der Waals surface area contributed by atoms with Crippen molar-refractivity contribution in [1.29, 1.82) is 0 Å². The van der Waals surface area contributed by atoms with Crippen LogP contribution in [-0.4, -0.2) is 19.4 Å². The van der Waals surface area contributed by atoms with Crippen LogP contribution in [-0.2, 0) is 0 Å². The molecule has 0 amide bonds. The Bertz CT molecular complexity index is 348. The zero-order chi connectivity index (χ0) is 11.3. The Labute approximate surface area is 89.7 Å². The van der Waals surface area contributed by atoms with Gasteiger partial charge in [-0.3, -0.25) is 0 Å². The van der Waals surface area contributed by atoms with Crippen LogP contribution in [0.1, 0.15) is 19.4 Å². The van der Waals surface area contributed by atoms with Gasteiger partial charge < -0.3 is 15.3 Å². The third kappa shape index (κ3) is 3.16. The number of rotatable bonds is 4. The average molecular weight is 208 g/mol. The Hall–Kier alpha value is -1.71. The van der Waals surface area contributed by atoms with Crippen LogP contribution in [0.3, 0.4) is 0 Å². The lowest BCUT2D eigenvalue weighted by atomic mass is 10.2. The van der Waals surface area contributed by atoms with Gasteiger partial charge in [-0.25, -0.2) is 0 Å². The molecule has 2 N–H and O–H groups in total. The minimum Gasteiger partial charge on any atom is -0.493 e. The molecule has 0 heterocycles. The molecule has 1 aromatic carbocycles. The Morgan fingerprint density at radius 1 is 1.33 bits per heavy atom. The molecule has 0 aliphatic heterocycles. The maximum absolute atomic E-state index is 5.57. The van der Waals surface area contributed by atoms with E-state index in [1.807, 2.05) is 32.0 Å². The van der Waals surface area contributed by atoms with Gasteiger partial charge in [-0.15, -0.1) is 0 Å². The summed E-state index contributed by atoms with van der Waals surface area (Å²) in [6.45, 7) is 3.93. The van der Waals surface area contributed by atoms with Gasteiger partial charge in [-0.1, -0.05) is 0 Å². The van der Waals surface area contributed by atoms with Crippen LogP contribution in [0.15, 0.2) is 23.3 Å². The third-order valence-corrected chi connectivity index (χ3v) is 1.77. The highest BCUT2D eigenvalue weighted by atomic mass is 16.5. The maximum Gasteiger partial charge on any atom is 0.161 e. The van der Waals surface area contributed by atoms with Gasteiger partial charge in [0.05, 0.1) is 19.4 Å². The van der Waals surface area contributed by atoms with Crippen molar-refractivity contribution in [1.82, 2.24) is 0 Å². The fraction of sp³-hybridized carbons (Fsp3) is 0.364. The van der Waals surface area contributed by atoms with E-state index < -0.39 is 0 Å². The largest absolute Gasteiger partial charge is 0.493 e. The number of hydrazone groups is 1. The van der Waals surface area contributed by atoms with Crippen molar-refractivity contribution in [3.05, 3.63) is 23.8 Å². The second-order valence-electron chi connectivity index (χ2n) is 3.36. The highest BCUT2D eigenvalue weighted by Crippen LogP contribution is 2.28. The Kier molecular flexibility index (Phi) is 3.97. The fourth-order valence-electron chi connectivity index (χ4n) is 1.20. The number of nitrogens with two attached hydrogens (primary N) is 1. The molecule has 0 bridgehead atoms. The first-order valence-corrected chi connectivity index (χ1v) is 4.75. The predicted molar refractivity (Wildman–Crippen MR) is 60.5 cm³/mol. The first-order chi connectivity index (χ1) is 7.17. The molecule has 0 aromatic heterocycles. The molecule has 0 fully saturated rings. The van der Waals surface area contributed by atoms with Gasteiger partial charge in [0.1, 0.15) is 0 Å². The summed E-state index contributed by atoms with van der Waals surface area (Å²) < 4.78 is 10.8. The van der Waals surface area contributed by atoms with Crippen molar-refractivity contribution in [3.63, 3.8) is 0 Å². The summed E-state index contributed by atoms with van der Waals surface area (Å²) in [7, 11) is 1.60. The van der Waals surface area contributed by atoms with Crippen LogP contribution in [0.2, 0.25) is 0 Å². The van der Waals surface area contributed by atoms with Crippen LogP contribution in [0.4, 0.5) is 0 Å². The minimum atomic E-state index is 0.118. The van der Waals surface area contributed by atoms with E-state index in [2.05, 4.69) is 5.10 Å². The molecular weight excluding hydrogens is 192 g/mol. The molecule has 0 aliphatic carbocycles. The molecule has 4 nitrogen and oxygen atoms in total. The number of nitrogens with zero attached hydrogens (tertiary/aromatic N) is 1. The van der Waals surface area contributed by atoms with Gasteiger partial charge in [0.15, 0.2) is 11.5 Å². The van der Waals surface area contributed by atoms with Gasteiger partial charge in [0.25, 0.3) is 0 Å². The molecule has 0 spiro atoms. The lowest BCUT2D eigenvalue weighted by molar-refractivity contribution is 0.230. The highest BCUT2D eigenvalue weighted by Gasteiger charge is 2.06. The van der Waals surface area contributed by atoms with Gasteiger partial charge in [-0.2, -0.15) is 5.10 Å². The highest BCUT2D eigenvalue weighted by molar-refractivity contribution is 5.80. The number of hydrogen-bond acceptors (Lipinski definition) is 4. The molecule has 4 heteroatoms. The number of benzene rings is 1. The van der Waals surface area contributed by atoms with Crippen molar-refractivity contribution in [2.75, 3.05) is 7.11 Å². The lowest BCUT2D eigenvalue weighted by Gasteiger charge is -2.13. The Morgan fingerprint density at radius 3 is 2.60 bits per heavy atom. The molecule has 1 rings (SSSR count). The monoisotopic (exact) mass is 208 g/mol. The van der Waals surface area contributed by atoms with Gasteiger partial charge in [-0.05, 0) is 37.6 Å². The van der Waals surface area contributed by atoms with Crippen molar-refractivity contribution in [2.45, 2.75) is 20.0 Å². The van der Waals surface area contributed by atoms with Crippen LogP contribution < -0.4 is 15.3 Å². The van der Waals surface area contributed by atoms with Crippen LogP contribution in [0.5, 0.6) is 11.5 Å². The second kappa shape index (κ2) is 5.24. The minimum absolute atomic E-state index is 0.118. The molecular formula is C11H16N2O2. The zero-order valence-electron chi connectivity index (χ0n) is 9.23. The van der Waals surface area contributed by atoms with Crippen LogP contribution >= 0.6 is 0 Å². The smallest absolute Gasteiger partial charge is 0.161 e. The fourth-order valence-corrected chi connectivity index (χ4v) is 1.20. The van der Waals surface area contributed by atoms with E-state index >= 15 is 0 Å². The van der Waals surface area contributed by atoms with E-state index in [4.69, 9.17) is 15.3 Å². The summed E-state index contributed by atoms with van der Waals surface area (Å²) in [5, 5.41) is 3.45. The third-order valence-electron chi connectivity index (χ3n) is 1.77. The molecule has 82 valence electrons. The van der Waals surface area contributed by atoms with Crippen molar-refractivity contribution in [3.8, 4) is 11.5 Å². The molecule has 0 atom stereocenters. The van der Waals surface area contributed by atoms with Crippen molar-refractivity contribution < 1.29 is 9.47 Å². The standard InChI is InChI=1S/C11H16N2O2/c1-8(2)15-10-5-4-9(7-13-12)6-11(10)14-3/h4-8H,12H2,1-3H3. The van der Waals surface area contributed by atoms with Crippen LogP contribution in [0.25, 0.3) is 0 Å². The Morgan fingerprint density at radius 2 is 2.07 bits per heavy atom. The van der Waals surface area contributed by atoms with E-state index in [0.717, 1.165) is 11.3 Å². The normalized spacial score (nSPS) is 10.9. The SMILES string of the molecule is COc1cc(C=NN)ccc1OC(C)C. The molecule has 1 aromatic rings. The summed E-state index contributed by atoms with van der Waals surface area (Å²) in [5.41, 5.74) is 0.880. The number of ether oxygens (including phenoxy) is 2. The molecule has 0 radical (unpaired) electrons. The molecule has 15 heavy (non-hydrogen) atoms. The van der Waals surface area contributed by atoms with E-state index in [-0.39, 0.29) is 6.10 Å². The van der Waals surface area contributed by atoms with Gasteiger partial charge >= 0.3 is 0 Å².